The third-order valence-corrected chi connectivity index (χ3v) is 3.29. The molecule has 26 heavy (non-hydrogen) atoms. The third-order valence-electron chi connectivity index (χ3n) is 3.29. The molecule has 0 atom stereocenters. The van der Waals surface area contributed by atoms with Crippen molar-refractivity contribution in [2.75, 3.05) is 32.6 Å². The van der Waals surface area contributed by atoms with E-state index < -0.39 is 18.5 Å². The Morgan fingerprint density at radius 3 is 2.19 bits per heavy atom. The van der Waals surface area contributed by atoms with Gasteiger partial charge >= 0.3 is 5.97 Å². The fraction of sp³-hybridized carbons (Fsp3) is 0.211. The van der Waals surface area contributed by atoms with Gasteiger partial charge in [-0.15, -0.1) is 0 Å². The van der Waals surface area contributed by atoms with Crippen LogP contribution < -0.4 is 10.1 Å². The smallest absolute Gasteiger partial charge is 0.344 e. The molecule has 0 aromatic heterocycles. The number of hydrogen-bond donors (Lipinski definition) is 1. The molecular formula is C19H20N2O5. The minimum Gasteiger partial charge on any atom is -0.482 e. The number of carbonyl (C=O) groups excluding carboxylic acids is 3. The molecule has 0 aliphatic carbocycles. The molecule has 1 N–H and O–H groups in total. The lowest BCUT2D eigenvalue weighted by Gasteiger charge is -2.11. The van der Waals surface area contributed by atoms with Gasteiger partial charge in [-0.2, -0.15) is 0 Å². The third kappa shape index (κ3) is 5.94. The first kappa shape index (κ1) is 19.0. The van der Waals surface area contributed by atoms with Gasteiger partial charge in [0.25, 0.3) is 11.8 Å². The molecule has 0 heterocycles. The summed E-state index contributed by atoms with van der Waals surface area (Å²) in [5, 5.41) is 2.58. The number of nitrogens with one attached hydrogen (secondary N) is 1. The lowest BCUT2D eigenvalue weighted by atomic mass is 10.2. The second-order valence-corrected chi connectivity index (χ2v) is 5.59. The fourth-order valence-corrected chi connectivity index (χ4v) is 2.00. The number of anilines is 1. The van der Waals surface area contributed by atoms with Crippen LogP contribution in [0.25, 0.3) is 0 Å². The van der Waals surface area contributed by atoms with Crippen molar-refractivity contribution >= 4 is 23.5 Å². The van der Waals surface area contributed by atoms with Crippen LogP contribution in [-0.2, 0) is 14.3 Å². The molecule has 2 rings (SSSR count). The molecule has 0 saturated heterocycles. The van der Waals surface area contributed by atoms with E-state index in [1.54, 1.807) is 62.6 Å². The highest BCUT2D eigenvalue weighted by molar-refractivity contribution is 5.96. The molecule has 0 spiro atoms. The van der Waals surface area contributed by atoms with Crippen molar-refractivity contribution < 1.29 is 23.9 Å². The Labute approximate surface area is 151 Å². The lowest BCUT2D eigenvalue weighted by molar-refractivity contribution is -0.149. The fourth-order valence-electron chi connectivity index (χ4n) is 2.00. The first-order valence-corrected chi connectivity index (χ1v) is 7.91. The Morgan fingerprint density at radius 2 is 1.58 bits per heavy atom. The number of rotatable bonds is 7. The highest BCUT2D eigenvalue weighted by atomic mass is 16.6. The number of carbonyl (C=O) groups is 3. The Hall–Kier alpha value is -3.35. The van der Waals surface area contributed by atoms with Crippen LogP contribution in [0.2, 0.25) is 0 Å². The maximum Gasteiger partial charge on any atom is 0.344 e. The SMILES string of the molecule is CN(C)C(=O)c1ccc(NC(=O)COC(=O)COc2ccccc2)cc1. The van der Waals surface area contributed by atoms with Crippen LogP contribution in [-0.4, -0.2) is 50.0 Å². The van der Waals surface area contributed by atoms with E-state index in [4.69, 9.17) is 9.47 Å². The number of para-hydroxylation sites is 1. The maximum absolute atomic E-state index is 11.8. The summed E-state index contributed by atoms with van der Waals surface area (Å²) in [6, 6.07) is 15.3. The van der Waals surface area contributed by atoms with Crippen molar-refractivity contribution in [3.8, 4) is 5.75 Å². The quantitative estimate of drug-likeness (QED) is 0.767. The van der Waals surface area contributed by atoms with Gasteiger partial charge in [-0.1, -0.05) is 18.2 Å². The molecule has 2 aromatic rings. The largest absolute Gasteiger partial charge is 0.482 e. The number of hydrogen-bond acceptors (Lipinski definition) is 5. The minimum absolute atomic E-state index is 0.129. The average molecular weight is 356 g/mol. The first-order valence-electron chi connectivity index (χ1n) is 7.91. The molecule has 0 bridgehead atoms. The van der Waals surface area contributed by atoms with Gasteiger partial charge in [0.1, 0.15) is 5.75 Å². The number of esters is 1. The van der Waals surface area contributed by atoms with Crippen LogP contribution in [0.4, 0.5) is 5.69 Å². The summed E-state index contributed by atoms with van der Waals surface area (Å²) in [7, 11) is 3.32. The summed E-state index contributed by atoms with van der Waals surface area (Å²) >= 11 is 0. The lowest BCUT2D eigenvalue weighted by Crippen LogP contribution is -2.24. The molecule has 2 aromatic carbocycles. The molecule has 0 radical (unpaired) electrons. The predicted molar refractivity (Wildman–Crippen MR) is 96.0 cm³/mol. The number of nitrogens with zero attached hydrogens (tertiary/aromatic N) is 1. The summed E-state index contributed by atoms with van der Waals surface area (Å²) in [6.07, 6.45) is 0. The number of benzene rings is 2. The Bertz CT molecular complexity index is 757. The second kappa shape index (κ2) is 9.22. The zero-order valence-corrected chi connectivity index (χ0v) is 14.6. The highest BCUT2D eigenvalue weighted by Gasteiger charge is 2.10. The summed E-state index contributed by atoms with van der Waals surface area (Å²) < 4.78 is 10.1. The maximum atomic E-state index is 11.8. The highest BCUT2D eigenvalue weighted by Crippen LogP contribution is 2.11. The van der Waals surface area contributed by atoms with E-state index in [1.807, 2.05) is 6.07 Å². The monoisotopic (exact) mass is 356 g/mol. The zero-order valence-electron chi connectivity index (χ0n) is 14.6. The number of amides is 2. The zero-order chi connectivity index (χ0) is 18.9. The van der Waals surface area contributed by atoms with E-state index in [9.17, 15) is 14.4 Å². The van der Waals surface area contributed by atoms with Gasteiger partial charge in [-0.05, 0) is 36.4 Å². The van der Waals surface area contributed by atoms with Gasteiger partial charge in [0.15, 0.2) is 13.2 Å². The molecule has 136 valence electrons. The summed E-state index contributed by atoms with van der Waals surface area (Å²) in [4.78, 5) is 36.7. The number of ether oxygens (including phenoxy) is 2. The van der Waals surface area contributed by atoms with E-state index in [0.29, 0.717) is 17.0 Å². The Morgan fingerprint density at radius 1 is 0.923 bits per heavy atom. The van der Waals surface area contributed by atoms with Crippen molar-refractivity contribution in [3.05, 3.63) is 60.2 Å². The molecule has 2 amide bonds. The van der Waals surface area contributed by atoms with Crippen molar-refractivity contribution in [1.82, 2.24) is 4.90 Å². The Balaban J connectivity index is 1.74. The van der Waals surface area contributed by atoms with Crippen molar-refractivity contribution in [3.63, 3.8) is 0 Å². The van der Waals surface area contributed by atoms with Crippen molar-refractivity contribution in [2.24, 2.45) is 0 Å². The standard InChI is InChI=1S/C19H20N2O5/c1-21(2)19(24)14-8-10-15(11-9-14)20-17(22)12-26-18(23)13-25-16-6-4-3-5-7-16/h3-11H,12-13H2,1-2H3,(H,20,22). The van der Waals surface area contributed by atoms with Crippen LogP contribution >= 0.6 is 0 Å². The molecule has 0 unspecified atom stereocenters. The molecular weight excluding hydrogens is 336 g/mol. The van der Waals surface area contributed by atoms with Gasteiger partial charge in [0, 0.05) is 25.3 Å². The molecule has 0 saturated carbocycles. The Kier molecular flexibility index (Phi) is 6.73. The van der Waals surface area contributed by atoms with Crippen LogP contribution in [0.1, 0.15) is 10.4 Å². The van der Waals surface area contributed by atoms with Crippen LogP contribution in [0, 0.1) is 0 Å². The van der Waals surface area contributed by atoms with Gasteiger partial charge < -0.3 is 19.7 Å². The van der Waals surface area contributed by atoms with E-state index in [2.05, 4.69) is 5.32 Å². The van der Waals surface area contributed by atoms with Gasteiger partial charge in [-0.3, -0.25) is 9.59 Å². The van der Waals surface area contributed by atoms with Crippen molar-refractivity contribution in [2.45, 2.75) is 0 Å². The normalized spacial score (nSPS) is 9.92. The molecule has 7 heteroatoms. The molecule has 0 aliphatic rings. The first-order chi connectivity index (χ1) is 12.5. The van der Waals surface area contributed by atoms with E-state index in [1.165, 1.54) is 4.90 Å². The van der Waals surface area contributed by atoms with Crippen LogP contribution in [0.15, 0.2) is 54.6 Å². The topological polar surface area (TPSA) is 84.9 Å². The average Bonchev–Trinajstić information content (AvgIpc) is 2.65. The van der Waals surface area contributed by atoms with E-state index in [0.717, 1.165) is 0 Å². The predicted octanol–water partition coefficient (Wildman–Crippen LogP) is 1.95. The second-order valence-electron chi connectivity index (χ2n) is 5.59. The van der Waals surface area contributed by atoms with Gasteiger partial charge in [0.2, 0.25) is 0 Å². The van der Waals surface area contributed by atoms with Crippen molar-refractivity contribution in [1.29, 1.82) is 0 Å². The molecule has 7 nitrogen and oxygen atoms in total. The summed E-state index contributed by atoms with van der Waals surface area (Å²) in [5.41, 5.74) is 1.01. The summed E-state index contributed by atoms with van der Waals surface area (Å²) in [5.74, 6) is -0.711. The van der Waals surface area contributed by atoms with Gasteiger partial charge in [-0.25, -0.2) is 4.79 Å². The minimum atomic E-state index is -0.643. The van der Waals surface area contributed by atoms with Crippen LogP contribution in [0.5, 0.6) is 5.75 Å². The van der Waals surface area contributed by atoms with Gasteiger partial charge in [0.05, 0.1) is 0 Å². The van der Waals surface area contributed by atoms with Crippen LogP contribution in [0.3, 0.4) is 0 Å². The van der Waals surface area contributed by atoms with E-state index >= 15 is 0 Å². The molecule has 0 aliphatic heterocycles. The summed E-state index contributed by atoms with van der Waals surface area (Å²) in [6.45, 7) is -0.700. The van der Waals surface area contributed by atoms with E-state index in [-0.39, 0.29) is 12.5 Å². The molecule has 0 fully saturated rings.